The number of carbonyl (C=O) groups is 4. The number of nitrogens with zero attached hydrogens (tertiary/aromatic N) is 6. The summed E-state index contributed by atoms with van der Waals surface area (Å²) in [4.78, 5) is 86.8. The van der Waals surface area contributed by atoms with Gasteiger partial charge >= 0.3 is 0 Å². The number of pyridine rings is 1. The van der Waals surface area contributed by atoms with Gasteiger partial charge in [0, 0.05) is 92.6 Å². The van der Waals surface area contributed by atoms with Gasteiger partial charge in [0.1, 0.15) is 6.04 Å². The summed E-state index contributed by atoms with van der Waals surface area (Å²) in [7, 11) is 0. The number of aromatic amines is 1. The van der Waals surface area contributed by atoms with Gasteiger partial charge < -0.3 is 30.4 Å². The average Bonchev–Trinajstić information content (AvgIpc) is 3.79. The molecule has 0 saturated carbocycles. The number of hydrogen-bond acceptors (Lipinski definition) is 11. The second-order valence-corrected chi connectivity index (χ2v) is 16.7. The van der Waals surface area contributed by atoms with Gasteiger partial charge in [-0.25, -0.2) is 9.97 Å². The van der Waals surface area contributed by atoms with Crippen LogP contribution < -0.4 is 16.2 Å². The molecule has 5 heterocycles. The van der Waals surface area contributed by atoms with Crippen molar-refractivity contribution in [2.24, 2.45) is 0 Å². The minimum atomic E-state index is -1.30. The first-order valence-electron chi connectivity index (χ1n) is 21.0. The number of ketones is 1. The zero-order chi connectivity index (χ0) is 42.5. The highest BCUT2D eigenvalue weighted by Gasteiger charge is 2.37. The third-order valence-electron chi connectivity index (χ3n) is 12.0. The molecule has 320 valence electrons. The minimum absolute atomic E-state index is 0.0261. The first-order valence-corrected chi connectivity index (χ1v) is 21.4. The zero-order valence-corrected chi connectivity index (χ0v) is 34.7. The molecule has 3 amide bonds. The number of hydrogen-bond donors (Lipinski definition) is 4. The van der Waals surface area contributed by atoms with Crippen LogP contribution in [0, 0.1) is 0 Å². The van der Waals surface area contributed by atoms with Crippen LogP contribution in [0.1, 0.15) is 72.3 Å². The predicted octanol–water partition coefficient (Wildman–Crippen LogP) is 3.60. The summed E-state index contributed by atoms with van der Waals surface area (Å²) in [6, 6.07) is 9.27. The van der Waals surface area contributed by atoms with E-state index in [-0.39, 0.29) is 74.9 Å². The topological polar surface area (TPSA) is 205 Å². The fraction of sp³-hybridized carbons (Fsp3) is 0.455. The second-order valence-electron chi connectivity index (χ2n) is 16.3. The Morgan fingerprint density at radius 2 is 1.72 bits per heavy atom. The molecule has 4 N–H and O–H groups in total. The van der Waals surface area contributed by atoms with E-state index in [1.165, 1.54) is 17.2 Å². The van der Waals surface area contributed by atoms with E-state index >= 15 is 0 Å². The highest BCUT2D eigenvalue weighted by Crippen LogP contribution is 2.33. The van der Waals surface area contributed by atoms with E-state index in [1.54, 1.807) is 41.4 Å². The smallest absolute Gasteiger partial charge is 0.261 e. The largest absolute Gasteiger partial charge is 0.388 e. The molecule has 2 aliphatic heterocycles. The van der Waals surface area contributed by atoms with Crippen LogP contribution in [0.25, 0.3) is 21.8 Å². The number of ether oxygens (including phenoxy) is 1. The average molecular weight is 852 g/mol. The molecule has 0 unspecified atom stereocenters. The maximum absolute atomic E-state index is 14.0. The second kappa shape index (κ2) is 18.6. The van der Waals surface area contributed by atoms with Gasteiger partial charge in [0.25, 0.3) is 5.56 Å². The van der Waals surface area contributed by atoms with Crippen LogP contribution in [0.5, 0.6) is 0 Å². The van der Waals surface area contributed by atoms with Gasteiger partial charge in [-0.05, 0) is 68.4 Å². The Labute approximate surface area is 357 Å². The number of carbonyl (C=O) groups excluding carboxylic acids is 4. The molecule has 61 heavy (non-hydrogen) atoms. The summed E-state index contributed by atoms with van der Waals surface area (Å²) < 4.78 is 6.74. The van der Waals surface area contributed by atoms with Gasteiger partial charge in [0.2, 0.25) is 17.7 Å². The maximum atomic E-state index is 14.0. The lowest BCUT2D eigenvalue weighted by molar-refractivity contribution is -0.140. The molecule has 0 spiro atoms. The van der Waals surface area contributed by atoms with Gasteiger partial charge in [0.05, 0.1) is 59.5 Å². The Bertz CT molecular complexity index is 2490. The minimum Gasteiger partial charge on any atom is -0.388 e. The van der Waals surface area contributed by atoms with Crippen molar-refractivity contribution in [3.63, 3.8) is 0 Å². The fourth-order valence-electron chi connectivity index (χ4n) is 8.49. The Hall–Kier alpha value is -5.55. The van der Waals surface area contributed by atoms with E-state index in [2.05, 4.69) is 30.5 Å². The third kappa shape index (κ3) is 9.99. The molecule has 3 aromatic heterocycles. The van der Waals surface area contributed by atoms with Crippen molar-refractivity contribution in [2.75, 3.05) is 51.3 Å². The van der Waals surface area contributed by atoms with Crippen LogP contribution in [0.4, 0.5) is 5.69 Å². The van der Waals surface area contributed by atoms with Crippen LogP contribution in [-0.2, 0) is 44.9 Å². The summed E-state index contributed by atoms with van der Waals surface area (Å²) in [5.74, 6) is -1.13. The highest BCUT2D eigenvalue weighted by molar-refractivity contribution is 6.36. The number of H-pyrrole nitrogens is 1. The van der Waals surface area contributed by atoms with Crippen molar-refractivity contribution in [2.45, 2.75) is 82.4 Å². The van der Waals surface area contributed by atoms with Crippen molar-refractivity contribution in [1.82, 2.24) is 39.6 Å². The number of imidazole rings is 1. The first kappa shape index (κ1) is 42.2. The van der Waals surface area contributed by atoms with E-state index in [9.17, 15) is 29.1 Å². The number of aromatic nitrogens is 5. The number of aliphatic hydroxyl groups is 1. The van der Waals surface area contributed by atoms with E-state index < -0.39 is 17.6 Å². The van der Waals surface area contributed by atoms with Crippen molar-refractivity contribution >= 4 is 62.6 Å². The number of piperidine rings is 1. The third-order valence-corrected chi connectivity index (χ3v) is 12.5. The Morgan fingerprint density at radius 1 is 0.934 bits per heavy atom. The normalized spacial score (nSPS) is 17.2. The fourth-order valence-corrected chi connectivity index (χ4v) is 8.85. The zero-order valence-electron chi connectivity index (χ0n) is 34.0. The Kier molecular flexibility index (Phi) is 12.9. The molecule has 2 aromatic carbocycles. The van der Waals surface area contributed by atoms with E-state index in [4.69, 9.17) is 21.3 Å². The molecule has 16 nitrogen and oxygen atoms in total. The highest BCUT2D eigenvalue weighted by atomic mass is 35.5. The molecule has 0 radical (unpaired) electrons. The summed E-state index contributed by atoms with van der Waals surface area (Å²) in [6.07, 6.45) is 9.02. The van der Waals surface area contributed by atoms with Crippen molar-refractivity contribution < 1.29 is 29.0 Å². The van der Waals surface area contributed by atoms with Crippen LogP contribution >= 0.6 is 11.6 Å². The molecule has 1 atom stereocenters. The van der Waals surface area contributed by atoms with Crippen molar-refractivity contribution in [3.8, 4) is 0 Å². The van der Waals surface area contributed by atoms with Crippen molar-refractivity contribution in [1.29, 1.82) is 0 Å². The Balaban J connectivity index is 0.856. The molecule has 2 fully saturated rings. The number of benzene rings is 2. The van der Waals surface area contributed by atoms with Gasteiger partial charge in [-0.3, -0.25) is 38.4 Å². The van der Waals surface area contributed by atoms with Crippen LogP contribution in [0.2, 0.25) is 5.02 Å². The standard InChI is InChI=1S/C44H50ClN9O7/c45-41-31-3-1-2-4-34(31)50-36-21-28(5-7-32(36)41)38(55)9-10-39(56)51-37(23-30-24-46-26-47-30)43(59)53-15-12-44(60,13-16-53)25-54-27-48-35-22-29(6-8-33(35)42(54)58)49-40(57)11-14-52-17-19-61-20-18-52/h5-8,21-22,24,26-27,37,60H,1-4,9-20,23,25H2,(H,46,47)(H,49,57)(H,51,56)/t37-/m0/s1. The summed E-state index contributed by atoms with van der Waals surface area (Å²) in [5.41, 5.74) is 3.15. The van der Waals surface area contributed by atoms with Crippen molar-refractivity contribution in [3.05, 3.63) is 93.1 Å². The van der Waals surface area contributed by atoms with Crippen LogP contribution in [0.15, 0.2) is 60.0 Å². The predicted molar refractivity (Wildman–Crippen MR) is 228 cm³/mol. The molecular formula is C44H50ClN9O7. The molecule has 0 bridgehead atoms. The number of fused-ring (bicyclic) bond motifs is 3. The SMILES string of the molecule is O=C(CCN1CCOCC1)Nc1ccc2c(=O)n(CC3(O)CCN(C(=O)[C@H](Cc4cnc[nH]4)NC(=O)CCC(=O)c4ccc5c(Cl)c6c(nc5c4)CCCC6)CC3)cnc2c1. The van der Waals surface area contributed by atoms with Gasteiger partial charge in [-0.2, -0.15) is 0 Å². The van der Waals surface area contributed by atoms with Gasteiger partial charge in [0.15, 0.2) is 5.78 Å². The molecule has 17 heteroatoms. The number of halogens is 1. The number of aryl methyl sites for hydroxylation is 1. The van der Waals surface area contributed by atoms with E-state index in [1.807, 2.05) is 6.07 Å². The summed E-state index contributed by atoms with van der Waals surface area (Å²) in [6.45, 7) is 3.92. The number of amides is 3. The number of likely N-dealkylation sites (tertiary alicyclic amines) is 1. The quantitative estimate of drug-likeness (QED) is 0.119. The first-order chi connectivity index (χ1) is 29.5. The summed E-state index contributed by atoms with van der Waals surface area (Å²) in [5, 5.41) is 19.2. The van der Waals surface area contributed by atoms with E-state index in [0.717, 1.165) is 55.4 Å². The van der Waals surface area contributed by atoms with Crippen LogP contribution in [0.3, 0.4) is 0 Å². The molecule has 2 saturated heterocycles. The molecule has 3 aliphatic rings. The van der Waals surface area contributed by atoms with E-state index in [0.29, 0.717) is 64.6 Å². The number of anilines is 1. The molecule has 8 rings (SSSR count). The monoisotopic (exact) mass is 851 g/mol. The number of Topliss-reactive ketones (excluding diaryl/α,β-unsaturated/α-hetero) is 1. The number of nitrogens with one attached hydrogen (secondary N) is 3. The molecular weight excluding hydrogens is 802 g/mol. The van der Waals surface area contributed by atoms with Gasteiger partial charge in [-0.1, -0.05) is 23.7 Å². The maximum Gasteiger partial charge on any atom is 0.261 e. The molecule has 5 aromatic rings. The lowest BCUT2D eigenvalue weighted by Crippen LogP contribution is -2.55. The lowest BCUT2D eigenvalue weighted by atomic mass is 9.90. The summed E-state index contributed by atoms with van der Waals surface area (Å²) >= 11 is 6.73. The number of morpholine rings is 1. The van der Waals surface area contributed by atoms with Crippen LogP contribution in [-0.4, -0.2) is 120 Å². The number of rotatable bonds is 14. The molecule has 1 aliphatic carbocycles. The van der Waals surface area contributed by atoms with Gasteiger partial charge in [-0.15, -0.1) is 0 Å². The Morgan fingerprint density at radius 3 is 2.51 bits per heavy atom. The lowest BCUT2D eigenvalue weighted by Gasteiger charge is -2.39.